The predicted octanol–water partition coefficient (Wildman–Crippen LogP) is 3.66. The number of nitrogens with two attached hydrogens (primary N) is 1. The van der Waals surface area contributed by atoms with E-state index in [4.69, 9.17) is 17.3 Å². The van der Waals surface area contributed by atoms with Gasteiger partial charge in [-0.15, -0.1) is 0 Å². The molecule has 2 rings (SSSR count). The molecule has 3 heteroatoms. The normalized spacial score (nSPS) is 10.3. The minimum absolute atomic E-state index is 0.00519. The minimum Gasteiger partial charge on any atom is -0.399 e. The molecule has 0 radical (unpaired) electrons. The molecule has 0 bridgehead atoms. The van der Waals surface area contributed by atoms with Crippen LogP contribution in [0.2, 0.25) is 5.02 Å². The number of carbonyl (C=O) groups excluding carboxylic acids is 1. The number of halogens is 1. The molecule has 0 aliphatic carbocycles. The number of carbonyl (C=O) groups is 1. The average Bonchev–Trinajstić information content (AvgIpc) is 2.28. The topological polar surface area (TPSA) is 43.1 Å². The van der Waals surface area contributed by atoms with Crippen molar-refractivity contribution in [3.8, 4) is 0 Å². The highest BCUT2D eigenvalue weighted by atomic mass is 35.5. The molecule has 2 nitrogen and oxygen atoms in total. The van der Waals surface area contributed by atoms with Gasteiger partial charge in [0.15, 0.2) is 5.78 Å². The van der Waals surface area contributed by atoms with E-state index in [9.17, 15) is 4.79 Å². The monoisotopic (exact) mass is 259 g/mol. The molecule has 0 saturated heterocycles. The summed E-state index contributed by atoms with van der Waals surface area (Å²) in [5, 5.41) is 0.410. The SMILES string of the molecule is Cc1cccc(CC(=O)c2ccc(N)cc2Cl)c1. The molecule has 2 N–H and O–H groups in total. The first-order chi connectivity index (χ1) is 8.56. The molecule has 18 heavy (non-hydrogen) atoms. The van der Waals surface area contributed by atoms with Crippen molar-refractivity contribution >= 4 is 23.1 Å². The molecule has 0 heterocycles. The molecule has 0 aliphatic rings. The zero-order chi connectivity index (χ0) is 13.1. The predicted molar refractivity (Wildman–Crippen MR) is 75.1 cm³/mol. The summed E-state index contributed by atoms with van der Waals surface area (Å²) in [4.78, 5) is 12.1. The fraction of sp³-hybridized carbons (Fsp3) is 0.133. The van der Waals surface area contributed by atoms with Crippen molar-refractivity contribution in [2.75, 3.05) is 5.73 Å². The number of hydrogen-bond acceptors (Lipinski definition) is 2. The Morgan fingerprint density at radius 1 is 1.22 bits per heavy atom. The van der Waals surface area contributed by atoms with Crippen molar-refractivity contribution in [2.45, 2.75) is 13.3 Å². The van der Waals surface area contributed by atoms with E-state index in [-0.39, 0.29) is 5.78 Å². The van der Waals surface area contributed by atoms with Crippen LogP contribution in [-0.4, -0.2) is 5.78 Å². The highest BCUT2D eigenvalue weighted by Crippen LogP contribution is 2.21. The number of Topliss-reactive ketones (excluding diaryl/α,β-unsaturated/α-hetero) is 1. The molecule has 2 aromatic carbocycles. The Hall–Kier alpha value is -1.80. The quantitative estimate of drug-likeness (QED) is 0.675. The van der Waals surface area contributed by atoms with Gasteiger partial charge in [0, 0.05) is 17.7 Å². The zero-order valence-corrected chi connectivity index (χ0v) is 10.9. The Balaban J connectivity index is 2.22. The van der Waals surface area contributed by atoms with Gasteiger partial charge in [-0.2, -0.15) is 0 Å². The lowest BCUT2D eigenvalue weighted by Gasteiger charge is -2.05. The molecular weight excluding hydrogens is 246 g/mol. The minimum atomic E-state index is 0.00519. The van der Waals surface area contributed by atoms with E-state index >= 15 is 0 Å². The van der Waals surface area contributed by atoms with E-state index in [1.54, 1.807) is 18.2 Å². The maximum Gasteiger partial charge on any atom is 0.168 e. The number of benzene rings is 2. The van der Waals surface area contributed by atoms with Crippen LogP contribution >= 0.6 is 11.6 Å². The van der Waals surface area contributed by atoms with Crippen LogP contribution in [0.4, 0.5) is 5.69 Å². The second-order valence-corrected chi connectivity index (χ2v) is 4.74. The van der Waals surface area contributed by atoms with Crippen LogP contribution in [0.15, 0.2) is 42.5 Å². The maximum atomic E-state index is 12.1. The Labute approximate surface area is 111 Å². The van der Waals surface area contributed by atoms with E-state index in [0.717, 1.165) is 11.1 Å². The highest BCUT2D eigenvalue weighted by Gasteiger charge is 2.11. The molecule has 2 aromatic rings. The third-order valence-corrected chi connectivity index (χ3v) is 3.05. The molecule has 0 unspecified atom stereocenters. The first-order valence-corrected chi connectivity index (χ1v) is 6.08. The molecule has 0 fully saturated rings. The molecule has 0 saturated carbocycles. The van der Waals surface area contributed by atoms with E-state index in [1.165, 1.54) is 0 Å². The Kier molecular flexibility index (Phi) is 3.68. The third-order valence-electron chi connectivity index (χ3n) is 2.74. The summed E-state index contributed by atoms with van der Waals surface area (Å²) >= 11 is 6.02. The number of ketones is 1. The molecule has 0 spiro atoms. The molecule has 0 aliphatic heterocycles. The van der Waals surface area contributed by atoms with Gasteiger partial charge in [0.2, 0.25) is 0 Å². The van der Waals surface area contributed by atoms with Gasteiger partial charge in [0.05, 0.1) is 5.02 Å². The van der Waals surface area contributed by atoms with Crippen LogP contribution in [0, 0.1) is 6.92 Å². The first-order valence-electron chi connectivity index (χ1n) is 5.70. The molecular formula is C15H14ClNO. The van der Waals surface area contributed by atoms with Crippen molar-refractivity contribution in [1.82, 2.24) is 0 Å². The summed E-state index contributed by atoms with van der Waals surface area (Å²) in [6.07, 6.45) is 0.352. The summed E-state index contributed by atoms with van der Waals surface area (Å²) < 4.78 is 0. The number of rotatable bonds is 3. The fourth-order valence-electron chi connectivity index (χ4n) is 1.86. The molecule has 0 aromatic heterocycles. The second kappa shape index (κ2) is 5.23. The Bertz CT molecular complexity index is 593. The Morgan fingerprint density at radius 3 is 2.67 bits per heavy atom. The van der Waals surface area contributed by atoms with Gasteiger partial charge in [-0.1, -0.05) is 41.4 Å². The number of nitrogen functional groups attached to an aromatic ring is 1. The number of anilines is 1. The van der Waals surface area contributed by atoms with E-state index in [2.05, 4.69) is 0 Å². The van der Waals surface area contributed by atoms with Crippen molar-refractivity contribution in [2.24, 2.45) is 0 Å². The Morgan fingerprint density at radius 2 is 2.00 bits per heavy atom. The van der Waals surface area contributed by atoms with Gasteiger partial charge in [-0.25, -0.2) is 0 Å². The van der Waals surface area contributed by atoms with Gasteiger partial charge in [-0.05, 0) is 30.7 Å². The summed E-state index contributed by atoms with van der Waals surface area (Å²) in [5.74, 6) is 0.00519. The average molecular weight is 260 g/mol. The van der Waals surface area contributed by atoms with Crippen LogP contribution in [0.5, 0.6) is 0 Å². The molecule has 0 amide bonds. The lowest BCUT2D eigenvalue weighted by molar-refractivity contribution is 0.0993. The summed E-state index contributed by atoms with van der Waals surface area (Å²) in [6, 6.07) is 12.9. The molecule has 0 atom stereocenters. The van der Waals surface area contributed by atoms with Gasteiger partial charge in [-0.3, -0.25) is 4.79 Å². The standard InChI is InChI=1S/C15H14ClNO/c1-10-3-2-4-11(7-10)8-15(18)13-6-5-12(17)9-14(13)16/h2-7,9H,8,17H2,1H3. The third kappa shape index (κ3) is 2.90. The van der Waals surface area contributed by atoms with Crippen LogP contribution in [-0.2, 0) is 6.42 Å². The van der Waals surface area contributed by atoms with Crippen molar-refractivity contribution < 1.29 is 4.79 Å². The number of aryl methyl sites for hydroxylation is 1. The lowest BCUT2D eigenvalue weighted by Crippen LogP contribution is -2.05. The smallest absolute Gasteiger partial charge is 0.168 e. The van der Waals surface area contributed by atoms with E-state index in [1.807, 2.05) is 31.2 Å². The van der Waals surface area contributed by atoms with E-state index < -0.39 is 0 Å². The van der Waals surface area contributed by atoms with Crippen LogP contribution in [0.25, 0.3) is 0 Å². The zero-order valence-electron chi connectivity index (χ0n) is 10.1. The maximum absolute atomic E-state index is 12.1. The van der Waals surface area contributed by atoms with Gasteiger partial charge >= 0.3 is 0 Å². The van der Waals surface area contributed by atoms with Crippen LogP contribution in [0.3, 0.4) is 0 Å². The fourth-order valence-corrected chi connectivity index (χ4v) is 2.15. The second-order valence-electron chi connectivity index (χ2n) is 4.33. The highest BCUT2D eigenvalue weighted by molar-refractivity contribution is 6.34. The summed E-state index contributed by atoms with van der Waals surface area (Å²) in [7, 11) is 0. The lowest BCUT2D eigenvalue weighted by atomic mass is 10.0. The van der Waals surface area contributed by atoms with E-state index in [0.29, 0.717) is 22.7 Å². The van der Waals surface area contributed by atoms with Crippen molar-refractivity contribution in [1.29, 1.82) is 0 Å². The summed E-state index contributed by atoms with van der Waals surface area (Å²) in [5.41, 5.74) is 8.82. The summed E-state index contributed by atoms with van der Waals surface area (Å²) in [6.45, 7) is 2.00. The number of hydrogen-bond donors (Lipinski definition) is 1. The first kappa shape index (κ1) is 12.7. The van der Waals surface area contributed by atoms with Gasteiger partial charge in [0.25, 0.3) is 0 Å². The largest absolute Gasteiger partial charge is 0.399 e. The van der Waals surface area contributed by atoms with Gasteiger partial charge in [0.1, 0.15) is 0 Å². The van der Waals surface area contributed by atoms with Crippen LogP contribution in [0.1, 0.15) is 21.5 Å². The van der Waals surface area contributed by atoms with Crippen molar-refractivity contribution in [3.05, 3.63) is 64.2 Å². The van der Waals surface area contributed by atoms with Crippen molar-refractivity contribution in [3.63, 3.8) is 0 Å². The molecule has 92 valence electrons. The van der Waals surface area contributed by atoms with Gasteiger partial charge < -0.3 is 5.73 Å². The van der Waals surface area contributed by atoms with Crippen LogP contribution < -0.4 is 5.73 Å².